The smallest absolute Gasteiger partial charge is 0.0587 e. The van der Waals surface area contributed by atoms with Crippen LogP contribution in [0.5, 0.6) is 0 Å². The first-order valence-electron chi connectivity index (χ1n) is 5.32. The van der Waals surface area contributed by atoms with Gasteiger partial charge in [0, 0.05) is 50.2 Å². The third-order valence-corrected chi connectivity index (χ3v) is 2.49. The second kappa shape index (κ2) is 8.64. The zero-order valence-electron chi connectivity index (χ0n) is 9.50. The molecule has 5 heteroatoms. The van der Waals surface area contributed by atoms with Gasteiger partial charge in [-0.25, -0.2) is 0 Å². The zero-order chi connectivity index (χ0) is 11.6. The molecular formula is C11H18BrN3O. The summed E-state index contributed by atoms with van der Waals surface area (Å²) >= 11 is 3.40. The van der Waals surface area contributed by atoms with E-state index < -0.39 is 0 Å². The fourth-order valence-corrected chi connectivity index (χ4v) is 1.67. The van der Waals surface area contributed by atoms with E-state index in [0.717, 1.165) is 37.3 Å². The maximum absolute atomic E-state index is 4.93. The molecule has 90 valence electrons. The lowest BCUT2D eigenvalue weighted by Crippen LogP contribution is -2.29. The Kier molecular flexibility index (Phi) is 7.33. The molecule has 0 radical (unpaired) electrons. The topological polar surface area (TPSA) is 46.2 Å². The van der Waals surface area contributed by atoms with Crippen LogP contribution in [0.2, 0.25) is 0 Å². The van der Waals surface area contributed by atoms with Gasteiger partial charge in [-0.1, -0.05) is 0 Å². The Hall–Kier alpha value is -0.490. The van der Waals surface area contributed by atoms with E-state index in [-0.39, 0.29) is 0 Å². The first kappa shape index (κ1) is 13.6. The van der Waals surface area contributed by atoms with Gasteiger partial charge in [-0.15, -0.1) is 0 Å². The summed E-state index contributed by atoms with van der Waals surface area (Å²) < 4.78 is 5.95. The van der Waals surface area contributed by atoms with E-state index in [1.807, 2.05) is 6.20 Å². The number of rotatable bonds is 8. The summed E-state index contributed by atoms with van der Waals surface area (Å²) in [4.78, 5) is 4.10. The fraction of sp³-hybridized carbons (Fsp3) is 0.545. The lowest BCUT2D eigenvalue weighted by molar-refractivity contribution is 0.199. The Labute approximate surface area is 105 Å². The molecule has 1 aromatic heterocycles. The molecule has 0 aliphatic heterocycles. The van der Waals surface area contributed by atoms with Gasteiger partial charge in [-0.2, -0.15) is 0 Å². The van der Waals surface area contributed by atoms with Crippen LogP contribution in [-0.4, -0.2) is 38.3 Å². The minimum absolute atomic E-state index is 0.759. The van der Waals surface area contributed by atoms with E-state index in [1.54, 1.807) is 13.3 Å². The molecule has 0 spiro atoms. The highest BCUT2D eigenvalue weighted by Crippen LogP contribution is 2.08. The molecule has 0 unspecified atom stereocenters. The third kappa shape index (κ3) is 6.17. The van der Waals surface area contributed by atoms with E-state index in [0.29, 0.717) is 0 Å². The highest BCUT2D eigenvalue weighted by molar-refractivity contribution is 9.10. The fourth-order valence-electron chi connectivity index (χ4n) is 1.26. The number of halogens is 1. The highest BCUT2D eigenvalue weighted by Gasteiger charge is 1.94. The number of aromatic nitrogens is 1. The normalized spacial score (nSPS) is 10.6. The van der Waals surface area contributed by atoms with Gasteiger partial charge in [0.25, 0.3) is 0 Å². The van der Waals surface area contributed by atoms with Crippen LogP contribution in [-0.2, 0) is 11.3 Å². The minimum atomic E-state index is 0.759. The molecule has 16 heavy (non-hydrogen) atoms. The lowest BCUT2D eigenvalue weighted by atomic mass is 10.3. The van der Waals surface area contributed by atoms with Crippen molar-refractivity contribution in [2.75, 3.05) is 33.4 Å². The first-order chi connectivity index (χ1) is 7.83. The van der Waals surface area contributed by atoms with E-state index in [2.05, 4.69) is 37.6 Å². The van der Waals surface area contributed by atoms with Crippen molar-refractivity contribution >= 4 is 15.9 Å². The van der Waals surface area contributed by atoms with Crippen molar-refractivity contribution in [2.24, 2.45) is 0 Å². The summed E-state index contributed by atoms with van der Waals surface area (Å²) in [6.07, 6.45) is 3.66. The van der Waals surface area contributed by atoms with Gasteiger partial charge in [0.15, 0.2) is 0 Å². The summed E-state index contributed by atoms with van der Waals surface area (Å²) in [5, 5.41) is 6.61. The second-order valence-electron chi connectivity index (χ2n) is 3.43. The van der Waals surface area contributed by atoms with Gasteiger partial charge in [-0.3, -0.25) is 4.98 Å². The third-order valence-electron chi connectivity index (χ3n) is 2.05. The number of ether oxygens (including phenoxy) is 1. The Balaban J connectivity index is 2.03. The van der Waals surface area contributed by atoms with E-state index in [9.17, 15) is 0 Å². The Morgan fingerprint density at radius 2 is 2.06 bits per heavy atom. The van der Waals surface area contributed by atoms with Crippen LogP contribution >= 0.6 is 15.9 Å². The molecule has 0 amide bonds. The average molecular weight is 288 g/mol. The summed E-state index contributed by atoms with van der Waals surface area (Å²) in [6, 6.07) is 2.07. The summed E-state index contributed by atoms with van der Waals surface area (Å²) in [6.45, 7) is 4.39. The van der Waals surface area contributed by atoms with Gasteiger partial charge in [0.1, 0.15) is 0 Å². The SMILES string of the molecule is COCCNCCNCc1cncc(Br)c1. The van der Waals surface area contributed by atoms with Gasteiger partial charge >= 0.3 is 0 Å². The molecule has 0 atom stereocenters. The highest BCUT2D eigenvalue weighted by atomic mass is 79.9. The van der Waals surface area contributed by atoms with Gasteiger partial charge in [0.2, 0.25) is 0 Å². The van der Waals surface area contributed by atoms with Gasteiger partial charge in [-0.05, 0) is 27.6 Å². The number of nitrogens with zero attached hydrogens (tertiary/aromatic N) is 1. The molecule has 0 fully saturated rings. The van der Waals surface area contributed by atoms with Crippen molar-refractivity contribution in [1.82, 2.24) is 15.6 Å². The first-order valence-corrected chi connectivity index (χ1v) is 6.12. The number of hydrogen-bond donors (Lipinski definition) is 2. The average Bonchev–Trinajstić information content (AvgIpc) is 2.28. The van der Waals surface area contributed by atoms with E-state index >= 15 is 0 Å². The van der Waals surface area contributed by atoms with Crippen molar-refractivity contribution in [3.8, 4) is 0 Å². The molecule has 1 aromatic rings. The van der Waals surface area contributed by atoms with Crippen molar-refractivity contribution < 1.29 is 4.74 Å². The second-order valence-corrected chi connectivity index (χ2v) is 4.35. The van der Waals surface area contributed by atoms with Crippen LogP contribution < -0.4 is 10.6 Å². The molecule has 1 rings (SSSR count). The molecule has 4 nitrogen and oxygen atoms in total. The van der Waals surface area contributed by atoms with Crippen LogP contribution in [0.3, 0.4) is 0 Å². The molecule has 0 aliphatic carbocycles. The molecule has 0 aromatic carbocycles. The monoisotopic (exact) mass is 287 g/mol. The number of hydrogen-bond acceptors (Lipinski definition) is 4. The summed E-state index contributed by atoms with van der Waals surface area (Å²) in [7, 11) is 1.71. The standard InChI is InChI=1S/C11H18BrN3O/c1-16-5-4-13-2-3-14-7-10-6-11(12)9-15-8-10/h6,8-9,13-14H,2-5,7H2,1H3. The molecule has 0 aliphatic rings. The molecular weight excluding hydrogens is 270 g/mol. The van der Waals surface area contributed by atoms with Gasteiger partial charge < -0.3 is 15.4 Å². The number of pyridine rings is 1. The number of methoxy groups -OCH3 is 1. The number of nitrogens with one attached hydrogen (secondary N) is 2. The molecule has 1 heterocycles. The molecule has 2 N–H and O–H groups in total. The van der Waals surface area contributed by atoms with Crippen LogP contribution in [0.1, 0.15) is 5.56 Å². The van der Waals surface area contributed by atoms with Gasteiger partial charge in [0.05, 0.1) is 6.61 Å². The minimum Gasteiger partial charge on any atom is -0.383 e. The van der Waals surface area contributed by atoms with Crippen LogP contribution in [0, 0.1) is 0 Å². The molecule has 0 saturated heterocycles. The van der Waals surface area contributed by atoms with E-state index in [1.165, 1.54) is 5.56 Å². The maximum Gasteiger partial charge on any atom is 0.0587 e. The maximum atomic E-state index is 4.93. The molecule has 0 bridgehead atoms. The Bertz CT molecular complexity index is 296. The Morgan fingerprint density at radius 1 is 1.25 bits per heavy atom. The van der Waals surface area contributed by atoms with Crippen molar-refractivity contribution in [2.45, 2.75) is 6.54 Å². The van der Waals surface area contributed by atoms with Crippen LogP contribution in [0.25, 0.3) is 0 Å². The quantitative estimate of drug-likeness (QED) is 0.705. The van der Waals surface area contributed by atoms with Crippen LogP contribution in [0.15, 0.2) is 22.9 Å². The van der Waals surface area contributed by atoms with Crippen LogP contribution in [0.4, 0.5) is 0 Å². The Morgan fingerprint density at radius 3 is 2.81 bits per heavy atom. The molecule has 0 saturated carbocycles. The van der Waals surface area contributed by atoms with Crippen molar-refractivity contribution in [1.29, 1.82) is 0 Å². The predicted octanol–water partition coefficient (Wildman–Crippen LogP) is 1.17. The predicted molar refractivity (Wildman–Crippen MR) is 68.4 cm³/mol. The summed E-state index contributed by atoms with van der Waals surface area (Å²) in [5.74, 6) is 0. The van der Waals surface area contributed by atoms with Crippen molar-refractivity contribution in [3.63, 3.8) is 0 Å². The van der Waals surface area contributed by atoms with Crippen molar-refractivity contribution in [3.05, 3.63) is 28.5 Å². The zero-order valence-corrected chi connectivity index (χ0v) is 11.1. The largest absolute Gasteiger partial charge is 0.383 e. The lowest BCUT2D eigenvalue weighted by Gasteiger charge is -2.06. The van der Waals surface area contributed by atoms with E-state index in [4.69, 9.17) is 4.74 Å². The summed E-state index contributed by atoms with van der Waals surface area (Å²) in [5.41, 5.74) is 1.19.